The number of carbonyl (C=O) groups is 2. The Balaban J connectivity index is 1.59. The Labute approximate surface area is 189 Å². The molecule has 1 atom stereocenters. The molecular weight excluding hydrogens is 426 g/mol. The molecule has 7 heteroatoms. The standard InChI is InChI=1S/C25H29NO5S/c1-19-7-12-22(13-8-19)25(28)20(2)31-24(27)16-11-21-9-14-23(15-10-21)32(29,30)26-17-5-3-4-6-18-26/h7-16,20H,3-6,17-18H2,1-2H3/b16-11+/t20-/m0/s1. The van der Waals surface area contributed by atoms with Crippen molar-refractivity contribution in [2.75, 3.05) is 13.1 Å². The summed E-state index contributed by atoms with van der Waals surface area (Å²) in [4.78, 5) is 24.8. The molecule has 0 unspecified atom stereocenters. The fourth-order valence-corrected chi connectivity index (χ4v) is 5.08. The van der Waals surface area contributed by atoms with Crippen LogP contribution in [0, 0.1) is 6.92 Å². The van der Waals surface area contributed by atoms with Crippen LogP contribution in [0.5, 0.6) is 0 Å². The smallest absolute Gasteiger partial charge is 0.331 e. The van der Waals surface area contributed by atoms with E-state index < -0.39 is 22.1 Å². The van der Waals surface area contributed by atoms with Gasteiger partial charge in [0, 0.05) is 24.7 Å². The second-order valence-electron chi connectivity index (χ2n) is 8.03. The van der Waals surface area contributed by atoms with Crippen molar-refractivity contribution in [1.82, 2.24) is 4.31 Å². The molecule has 0 radical (unpaired) electrons. The minimum Gasteiger partial charge on any atom is -0.451 e. The second-order valence-corrected chi connectivity index (χ2v) is 9.97. The summed E-state index contributed by atoms with van der Waals surface area (Å²) in [6.07, 6.45) is 5.74. The van der Waals surface area contributed by atoms with Gasteiger partial charge in [-0.1, -0.05) is 54.8 Å². The Morgan fingerprint density at radius 3 is 2.12 bits per heavy atom. The molecule has 1 heterocycles. The van der Waals surface area contributed by atoms with Gasteiger partial charge in [0.05, 0.1) is 4.90 Å². The number of benzene rings is 2. The van der Waals surface area contributed by atoms with Gasteiger partial charge in [-0.2, -0.15) is 4.31 Å². The summed E-state index contributed by atoms with van der Waals surface area (Å²) < 4.78 is 32.4. The molecule has 2 aromatic carbocycles. The van der Waals surface area contributed by atoms with Crippen molar-refractivity contribution >= 4 is 27.9 Å². The van der Waals surface area contributed by atoms with E-state index >= 15 is 0 Å². The maximum absolute atomic E-state index is 12.8. The largest absolute Gasteiger partial charge is 0.451 e. The van der Waals surface area contributed by atoms with E-state index in [1.807, 2.05) is 19.1 Å². The van der Waals surface area contributed by atoms with Crippen LogP contribution in [0.3, 0.4) is 0 Å². The fraction of sp³-hybridized carbons (Fsp3) is 0.360. The van der Waals surface area contributed by atoms with Crippen molar-refractivity contribution in [3.63, 3.8) is 0 Å². The number of carbonyl (C=O) groups excluding carboxylic acids is 2. The van der Waals surface area contributed by atoms with Crippen molar-refractivity contribution in [1.29, 1.82) is 0 Å². The van der Waals surface area contributed by atoms with E-state index in [4.69, 9.17) is 4.74 Å². The first-order chi connectivity index (χ1) is 15.3. The van der Waals surface area contributed by atoms with Gasteiger partial charge in [0.2, 0.25) is 15.8 Å². The molecule has 0 amide bonds. The second kappa shape index (κ2) is 10.7. The molecule has 1 aliphatic rings. The van der Waals surface area contributed by atoms with Gasteiger partial charge in [0.1, 0.15) is 0 Å². The zero-order chi connectivity index (χ0) is 23.1. The summed E-state index contributed by atoms with van der Waals surface area (Å²) >= 11 is 0. The lowest BCUT2D eigenvalue weighted by Gasteiger charge is -2.19. The first-order valence-electron chi connectivity index (χ1n) is 10.9. The highest BCUT2D eigenvalue weighted by Gasteiger charge is 2.24. The van der Waals surface area contributed by atoms with Gasteiger partial charge >= 0.3 is 5.97 Å². The van der Waals surface area contributed by atoms with E-state index in [0.29, 0.717) is 24.2 Å². The predicted octanol–water partition coefficient (Wildman–Crippen LogP) is 4.39. The topological polar surface area (TPSA) is 80.8 Å². The Kier molecular flexibility index (Phi) is 7.99. The zero-order valence-corrected chi connectivity index (χ0v) is 19.3. The number of Topliss-reactive ketones (excluding diaryl/α,β-unsaturated/α-hetero) is 1. The van der Waals surface area contributed by atoms with Crippen LogP contribution < -0.4 is 0 Å². The van der Waals surface area contributed by atoms with Gasteiger partial charge in [-0.15, -0.1) is 0 Å². The van der Waals surface area contributed by atoms with Gasteiger partial charge in [0.15, 0.2) is 6.10 Å². The summed E-state index contributed by atoms with van der Waals surface area (Å²) in [5.41, 5.74) is 2.19. The molecule has 0 saturated carbocycles. The maximum Gasteiger partial charge on any atom is 0.331 e. The fourth-order valence-electron chi connectivity index (χ4n) is 3.57. The molecule has 1 saturated heterocycles. The van der Waals surface area contributed by atoms with E-state index in [9.17, 15) is 18.0 Å². The third-order valence-electron chi connectivity index (χ3n) is 5.49. The van der Waals surface area contributed by atoms with Gasteiger partial charge < -0.3 is 4.74 Å². The number of ketones is 1. The normalized spacial score (nSPS) is 16.4. The molecule has 0 aliphatic carbocycles. The molecule has 1 fully saturated rings. The SMILES string of the molecule is Cc1ccc(C(=O)[C@H](C)OC(=O)/C=C/c2ccc(S(=O)(=O)N3CCCCCC3)cc2)cc1. The predicted molar refractivity (Wildman–Crippen MR) is 124 cm³/mol. The van der Waals surface area contributed by atoms with Crippen LogP contribution in [-0.2, 0) is 19.6 Å². The molecule has 2 aromatic rings. The first-order valence-corrected chi connectivity index (χ1v) is 12.3. The number of aryl methyl sites for hydroxylation is 1. The van der Waals surface area contributed by atoms with Gasteiger partial charge in [0.25, 0.3) is 0 Å². The Morgan fingerprint density at radius 2 is 1.53 bits per heavy atom. The first kappa shape index (κ1) is 23.9. The molecule has 1 aliphatic heterocycles. The molecule has 0 aromatic heterocycles. The number of nitrogens with zero attached hydrogens (tertiary/aromatic N) is 1. The van der Waals surface area contributed by atoms with Gasteiger partial charge in [-0.05, 0) is 50.5 Å². The van der Waals surface area contributed by atoms with Crippen molar-refractivity contribution in [3.8, 4) is 0 Å². The molecular formula is C25H29NO5S. The monoisotopic (exact) mass is 455 g/mol. The van der Waals surface area contributed by atoms with E-state index in [2.05, 4.69) is 0 Å². The van der Waals surface area contributed by atoms with E-state index in [-0.39, 0.29) is 10.7 Å². The number of hydrogen-bond acceptors (Lipinski definition) is 5. The number of hydrogen-bond donors (Lipinski definition) is 0. The summed E-state index contributed by atoms with van der Waals surface area (Å²) in [6.45, 7) is 4.57. The lowest BCUT2D eigenvalue weighted by Crippen LogP contribution is -2.31. The molecule has 170 valence electrons. The van der Waals surface area contributed by atoms with Crippen molar-refractivity contribution in [2.24, 2.45) is 0 Å². The molecule has 0 spiro atoms. The van der Waals surface area contributed by atoms with Crippen LogP contribution in [0.1, 0.15) is 54.1 Å². The molecule has 0 N–H and O–H groups in total. The van der Waals surface area contributed by atoms with Crippen LogP contribution >= 0.6 is 0 Å². The highest BCUT2D eigenvalue weighted by Crippen LogP contribution is 2.21. The average Bonchev–Trinajstić information content (AvgIpc) is 3.08. The average molecular weight is 456 g/mol. The lowest BCUT2D eigenvalue weighted by molar-refractivity contribution is -0.140. The third-order valence-corrected chi connectivity index (χ3v) is 7.41. The Morgan fingerprint density at radius 1 is 0.938 bits per heavy atom. The van der Waals surface area contributed by atoms with Gasteiger partial charge in [-0.25, -0.2) is 13.2 Å². The van der Waals surface area contributed by atoms with E-state index in [1.54, 1.807) is 40.7 Å². The van der Waals surface area contributed by atoms with Crippen LogP contribution in [0.15, 0.2) is 59.5 Å². The molecule has 0 bridgehead atoms. The summed E-state index contributed by atoms with van der Waals surface area (Å²) in [5.74, 6) is -0.908. The number of sulfonamides is 1. The van der Waals surface area contributed by atoms with Crippen LogP contribution in [0.2, 0.25) is 0 Å². The Hall–Kier alpha value is -2.77. The minimum atomic E-state index is -3.51. The van der Waals surface area contributed by atoms with E-state index in [1.165, 1.54) is 19.1 Å². The number of rotatable bonds is 7. The van der Waals surface area contributed by atoms with Crippen LogP contribution in [0.4, 0.5) is 0 Å². The molecule has 3 rings (SSSR count). The van der Waals surface area contributed by atoms with Gasteiger partial charge in [-0.3, -0.25) is 4.79 Å². The number of esters is 1. The maximum atomic E-state index is 12.8. The zero-order valence-electron chi connectivity index (χ0n) is 18.5. The van der Waals surface area contributed by atoms with E-state index in [0.717, 1.165) is 31.2 Å². The van der Waals surface area contributed by atoms with Crippen molar-refractivity contribution < 1.29 is 22.7 Å². The lowest BCUT2D eigenvalue weighted by atomic mass is 10.1. The molecule has 6 nitrogen and oxygen atoms in total. The van der Waals surface area contributed by atoms with Crippen LogP contribution in [0.25, 0.3) is 6.08 Å². The summed E-state index contributed by atoms with van der Waals surface area (Å²) in [7, 11) is -3.51. The molecule has 32 heavy (non-hydrogen) atoms. The highest BCUT2D eigenvalue weighted by molar-refractivity contribution is 7.89. The summed E-state index contributed by atoms with van der Waals surface area (Å²) in [6, 6.07) is 13.5. The Bertz CT molecular complexity index is 1060. The van der Waals surface area contributed by atoms with Crippen molar-refractivity contribution in [2.45, 2.75) is 50.5 Å². The van der Waals surface area contributed by atoms with Crippen molar-refractivity contribution in [3.05, 3.63) is 71.3 Å². The summed E-state index contributed by atoms with van der Waals surface area (Å²) in [5, 5.41) is 0. The van der Waals surface area contributed by atoms with Crippen LogP contribution in [-0.4, -0.2) is 43.7 Å². The quantitative estimate of drug-likeness (QED) is 0.351. The highest BCUT2D eigenvalue weighted by atomic mass is 32.2. The minimum absolute atomic E-state index is 0.247. The third kappa shape index (κ3) is 6.14. The number of ether oxygens (including phenoxy) is 1.